The van der Waals surface area contributed by atoms with E-state index in [0.717, 1.165) is 5.69 Å². The number of aromatic hydroxyl groups is 1. The molecule has 0 aliphatic carbocycles. The molecule has 2 rings (SSSR count). The zero-order valence-electron chi connectivity index (χ0n) is 11.7. The van der Waals surface area contributed by atoms with Gasteiger partial charge in [-0.1, -0.05) is 47.0 Å². The largest absolute Gasteiger partial charge is 0.505 e. The van der Waals surface area contributed by atoms with Gasteiger partial charge in [0.1, 0.15) is 0 Å². The summed E-state index contributed by atoms with van der Waals surface area (Å²) >= 11 is 11.9. The molecule has 0 saturated carbocycles. The normalized spacial score (nSPS) is 12.2. The Hall–Kier alpha value is -1.38. The number of aryl methyl sites for hydroxylation is 2. The molecule has 0 saturated heterocycles. The first kappa shape index (κ1) is 15.0. The minimum absolute atomic E-state index is 0.0849. The Morgan fingerprint density at radius 1 is 1.05 bits per heavy atom. The minimum Gasteiger partial charge on any atom is -0.505 e. The fourth-order valence-electron chi connectivity index (χ4n) is 2.20. The van der Waals surface area contributed by atoms with E-state index in [4.69, 9.17) is 23.2 Å². The van der Waals surface area contributed by atoms with Gasteiger partial charge < -0.3 is 10.4 Å². The third-order valence-electron chi connectivity index (χ3n) is 3.30. The molecule has 20 heavy (non-hydrogen) atoms. The second-order valence-corrected chi connectivity index (χ2v) is 5.83. The van der Waals surface area contributed by atoms with Gasteiger partial charge in [-0.3, -0.25) is 0 Å². The second kappa shape index (κ2) is 5.94. The molecule has 1 unspecified atom stereocenters. The van der Waals surface area contributed by atoms with Gasteiger partial charge in [0.2, 0.25) is 0 Å². The van der Waals surface area contributed by atoms with Gasteiger partial charge in [-0.15, -0.1) is 0 Å². The molecule has 2 nitrogen and oxygen atoms in total. The summed E-state index contributed by atoms with van der Waals surface area (Å²) in [6.07, 6.45) is 0. The van der Waals surface area contributed by atoms with E-state index in [1.807, 2.05) is 0 Å². The van der Waals surface area contributed by atoms with Crippen LogP contribution in [0.15, 0.2) is 30.3 Å². The fraction of sp³-hybridized carbons (Fsp3) is 0.250. The van der Waals surface area contributed by atoms with Gasteiger partial charge in [0.15, 0.2) is 5.75 Å². The predicted molar refractivity (Wildman–Crippen MR) is 86.1 cm³/mol. The summed E-state index contributed by atoms with van der Waals surface area (Å²) in [5, 5.41) is 13.4. The Balaban J connectivity index is 2.27. The highest BCUT2D eigenvalue weighted by atomic mass is 35.5. The molecule has 0 radical (unpaired) electrons. The second-order valence-electron chi connectivity index (χ2n) is 5.01. The van der Waals surface area contributed by atoms with Gasteiger partial charge in [0.25, 0.3) is 0 Å². The molecule has 0 aliphatic heterocycles. The summed E-state index contributed by atoms with van der Waals surface area (Å²) in [4.78, 5) is 0. The molecule has 106 valence electrons. The van der Waals surface area contributed by atoms with Gasteiger partial charge in [-0.25, -0.2) is 0 Å². The summed E-state index contributed by atoms with van der Waals surface area (Å²) < 4.78 is 0. The molecule has 0 aliphatic rings. The summed E-state index contributed by atoms with van der Waals surface area (Å²) in [6.45, 7) is 6.24. The number of hydrogen-bond donors (Lipinski definition) is 2. The third-order valence-corrected chi connectivity index (χ3v) is 3.88. The first-order chi connectivity index (χ1) is 9.38. The Labute approximate surface area is 129 Å². The topological polar surface area (TPSA) is 32.3 Å². The standard InChI is InChI=1S/C16H17Cl2NO/c1-9-4-5-10(2)13(6-9)11(3)19-12-7-14(17)16(20)15(18)8-12/h4-8,11,19-20H,1-3H3. The maximum atomic E-state index is 9.57. The van der Waals surface area contributed by atoms with Gasteiger partial charge >= 0.3 is 0 Å². The van der Waals surface area contributed by atoms with Crippen molar-refractivity contribution in [1.29, 1.82) is 0 Å². The van der Waals surface area contributed by atoms with Crippen molar-refractivity contribution >= 4 is 28.9 Å². The van der Waals surface area contributed by atoms with Crippen molar-refractivity contribution in [1.82, 2.24) is 0 Å². The minimum atomic E-state index is -0.0849. The molecule has 0 amide bonds. The van der Waals surface area contributed by atoms with E-state index in [9.17, 15) is 5.11 Å². The van der Waals surface area contributed by atoms with Crippen molar-refractivity contribution in [3.8, 4) is 5.75 Å². The van der Waals surface area contributed by atoms with Crippen molar-refractivity contribution in [3.05, 3.63) is 57.1 Å². The van der Waals surface area contributed by atoms with Crippen LogP contribution < -0.4 is 5.32 Å². The first-order valence-electron chi connectivity index (χ1n) is 6.40. The molecule has 2 N–H and O–H groups in total. The number of hydrogen-bond acceptors (Lipinski definition) is 2. The van der Waals surface area contributed by atoms with Crippen LogP contribution in [0.25, 0.3) is 0 Å². The van der Waals surface area contributed by atoms with Crippen LogP contribution in [0.5, 0.6) is 5.75 Å². The van der Waals surface area contributed by atoms with E-state index in [1.165, 1.54) is 16.7 Å². The van der Waals surface area contributed by atoms with E-state index in [2.05, 4.69) is 44.3 Å². The maximum Gasteiger partial charge on any atom is 0.152 e. The van der Waals surface area contributed by atoms with Crippen LogP contribution in [0.2, 0.25) is 10.0 Å². The number of anilines is 1. The van der Waals surface area contributed by atoms with E-state index >= 15 is 0 Å². The van der Waals surface area contributed by atoms with Crippen LogP contribution in [-0.2, 0) is 0 Å². The Kier molecular flexibility index (Phi) is 4.46. The van der Waals surface area contributed by atoms with Crippen LogP contribution >= 0.6 is 23.2 Å². The summed E-state index contributed by atoms with van der Waals surface area (Å²) in [5.74, 6) is -0.0849. The smallest absolute Gasteiger partial charge is 0.152 e. The molecule has 0 spiro atoms. The Morgan fingerprint density at radius 3 is 2.25 bits per heavy atom. The van der Waals surface area contributed by atoms with Crippen molar-refractivity contribution in [2.24, 2.45) is 0 Å². The molecular formula is C16H17Cl2NO. The summed E-state index contributed by atoms with van der Waals surface area (Å²) in [6, 6.07) is 9.83. The van der Waals surface area contributed by atoms with Gasteiger partial charge in [-0.2, -0.15) is 0 Å². The van der Waals surface area contributed by atoms with Crippen LogP contribution in [0.4, 0.5) is 5.69 Å². The molecule has 0 bridgehead atoms. The van der Waals surface area contributed by atoms with Crippen LogP contribution in [-0.4, -0.2) is 5.11 Å². The van der Waals surface area contributed by atoms with Crippen LogP contribution in [0, 0.1) is 13.8 Å². The molecule has 2 aromatic rings. The lowest BCUT2D eigenvalue weighted by atomic mass is 10.00. The van der Waals surface area contributed by atoms with E-state index in [1.54, 1.807) is 12.1 Å². The quantitative estimate of drug-likeness (QED) is 0.735. The zero-order valence-corrected chi connectivity index (χ0v) is 13.2. The number of rotatable bonds is 3. The molecule has 2 aromatic carbocycles. The fourth-order valence-corrected chi connectivity index (χ4v) is 2.69. The van der Waals surface area contributed by atoms with Crippen molar-refractivity contribution in [2.45, 2.75) is 26.8 Å². The molecule has 4 heteroatoms. The van der Waals surface area contributed by atoms with Crippen molar-refractivity contribution < 1.29 is 5.11 Å². The molecule has 0 aromatic heterocycles. The number of nitrogens with one attached hydrogen (secondary N) is 1. The van der Waals surface area contributed by atoms with E-state index < -0.39 is 0 Å². The molecule has 0 fully saturated rings. The molecular weight excluding hydrogens is 293 g/mol. The SMILES string of the molecule is Cc1ccc(C)c(C(C)Nc2cc(Cl)c(O)c(Cl)c2)c1. The first-order valence-corrected chi connectivity index (χ1v) is 7.15. The monoisotopic (exact) mass is 309 g/mol. The van der Waals surface area contributed by atoms with E-state index in [0.29, 0.717) is 0 Å². The van der Waals surface area contributed by atoms with Crippen LogP contribution in [0.1, 0.15) is 29.7 Å². The molecule has 1 atom stereocenters. The average molecular weight is 310 g/mol. The van der Waals surface area contributed by atoms with Gasteiger partial charge in [0, 0.05) is 11.7 Å². The maximum absolute atomic E-state index is 9.57. The zero-order chi connectivity index (χ0) is 14.9. The highest BCUT2D eigenvalue weighted by Gasteiger charge is 2.11. The lowest BCUT2D eigenvalue weighted by Crippen LogP contribution is -2.08. The molecule has 0 heterocycles. The van der Waals surface area contributed by atoms with Gasteiger partial charge in [0.05, 0.1) is 10.0 Å². The third kappa shape index (κ3) is 3.20. The number of halogens is 2. The Morgan fingerprint density at radius 2 is 1.65 bits per heavy atom. The average Bonchev–Trinajstić information content (AvgIpc) is 2.38. The predicted octanol–water partition coefficient (Wildman–Crippen LogP) is 5.49. The number of benzene rings is 2. The number of phenols is 1. The van der Waals surface area contributed by atoms with E-state index in [-0.39, 0.29) is 21.8 Å². The highest BCUT2D eigenvalue weighted by Crippen LogP contribution is 2.35. The highest BCUT2D eigenvalue weighted by molar-refractivity contribution is 6.37. The van der Waals surface area contributed by atoms with Gasteiger partial charge in [-0.05, 0) is 44.0 Å². The lowest BCUT2D eigenvalue weighted by Gasteiger charge is -2.19. The van der Waals surface area contributed by atoms with Crippen molar-refractivity contribution in [2.75, 3.05) is 5.32 Å². The van der Waals surface area contributed by atoms with Crippen LogP contribution in [0.3, 0.4) is 0 Å². The number of phenolic OH excluding ortho intramolecular Hbond substituents is 1. The summed E-state index contributed by atoms with van der Waals surface area (Å²) in [5.41, 5.74) is 4.46. The Bertz CT molecular complexity index is 617. The van der Waals surface area contributed by atoms with Crippen molar-refractivity contribution in [3.63, 3.8) is 0 Å². The summed E-state index contributed by atoms with van der Waals surface area (Å²) in [7, 11) is 0. The lowest BCUT2D eigenvalue weighted by molar-refractivity contribution is 0.476.